The first-order valence-electron chi connectivity index (χ1n) is 7.25. The summed E-state index contributed by atoms with van der Waals surface area (Å²) in [7, 11) is 0. The van der Waals surface area contributed by atoms with Crippen LogP contribution in [0.5, 0.6) is 0 Å². The van der Waals surface area contributed by atoms with Crippen molar-refractivity contribution in [3.05, 3.63) is 36.2 Å². The van der Waals surface area contributed by atoms with E-state index in [1.54, 1.807) is 0 Å². The molecule has 0 aliphatic rings. The fourth-order valence-electron chi connectivity index (χ4n) is 1.96. The van der Waals surface area contributed by atoms with E-state index in [4.69, 9.17) is 4.52 Å². The highest BCUT2D eigenvalue weighted by molar-refractivity contribution is 8.14. The van der Waals surface area contributed by atoms with Crippen LogP contribution in [0.15, 0.2) is 40.0 Å². The molecule has 0 saturated carbocycles. The van der Waals surface area contributed by atoms with Crippen LogP contribution in [-0.4, -0.2) is 50.7 Å². The van der Waals surface area contributed by atoms with Crippen LogP contribution in [0.4, 0.5) is 0 Å². The number of nitrogens with zero attached hydrogens (tertiary/aromatic N) is 4. The van der Waals surface area contributed by atoms with E-state index in [0.29, 0.717) is 16.8 Å². The molecule has 0 bridgehead atoms. The second-order valence-electron chi connectivity index (χ2n) is 4.57. The molecule has 1 aromatic heterocycles. The monoisotopic (exact) mass is 320 g/mol. The minimum absolute atomic E-state index is 0.311. The molecule has 22 heavy (non-hydrogen) atoms. The van der Waals surface area contributed by atoms with Crippen molar-refractivity contribution in [1.29, 1.82) is 0 Å². The molecular weight excluding hydrogens is 300 g/mol. The van der Waals surface area contributed by atoms with Crippen molar-refractivity contribution >= 4 is 16.8 Å². The molecule has 1 heterocycles. The van der Waals surface area contributed by atoms with Gasteiger partial charge in [-0.25, -0.2) is 0 Å². The quantitative estimate of drug-likeness (QED) is 0.366. The van der Waals surface area contributed by atoms with Crippen LogP contribution in [0.2, 0.25) is 0 Å². The van der Waals surface area contributed by atoms with Gasteiger partial charge >= 0.3 is 0 Å². The Hall–Kier alpha value is -1.86. The molecule has 0 aliphatic heterocycles. The van der Waals surface area contributed by atoms with E-state index in [-0.39, 0.29) is 0 Å². The highest BCUT2D eigenvalue weighted by Gasteiger charge is 2.15. The molecule has 0 amide bonds. The number of oxime groups is 1. The number of aromatic nitrogens is 2. The summed E-state index contributed by atoms with van der Waals surface area (Å²) in [5.74, 6) is 1.53. The van der Waals surface area contributed by atoms with Gasteiger partial charge in [-0.3, -0.25) is 0 Å². The van der Waals surface area contributed by atoms with Crippen molar-refractivity contribution in [2.45, 2.75) is 13.8 Å². The fraction of sp³-hybridized carbons (Fsp3) is 0.400. The highest BCUT2D eigenvalue weighted by Crippen LogP contribution is 2.18. The summed E-state index contributed by atoms with van der Waals surface area (Å²) in [6, 6.07) is 9.50. The average Bonchev–Trinajstić information content (AvgIpc) is 3.06. The zero-order valence-electron chi connectivity index (χ0n) is 12.8. The summed E-state index contributed by atoms with van der Waals surface area (Å²) in [4.78, 5) is 6.59. The van der Waals surface area contributed by atoms with Crippen LogP contribution in [0.1, 0.15) is 19.7 Å². The summed E-state index contributed by atoms with van der Waals surface area (Å²) in [5.41, 5.74) is 0.840. The first kappa shape index (κ1) is 16.5. The van der Waals surface area contributed by atoms with E-state index in [9.17, 15) is 5.21 Å². The van der Waals surface area contributed by atoms with Gasteiger partial charge in [0.15, 0.2) is 5.04 Å². The molecule has 1 N–H and O–H groups in total. The molecular formula is C15H20N4O2S. The Balaban J connectivity index is 1.99. The zero-order valence-corrected chi connectivity index (χ0v) is 13.6. The van der Waals surface area contributed by atoms with Crippen molar-refractivity contribution < 1.29 is 9.73 Å². The second kappa shape index (κ2) is 8.55. The lowest BCUT2D eigenvalue weighted by molar-refractivity contribution is 0.319. The number of thioether (sulfide) groups is 1. The SMILES string of the molecule is CCN(CC)CCS/C(=N/O)c1noc(-c2ccccc2)n1. The van der Waals surface area contributed by atoms with Crippen LogP contribution in [0, 0.1) is 0 Å². The minimum Gasteiger partial charge on any atom is -0.410 e. The third-order valence-electron chi connectivity index (χ3n) is 3.27. The van der Waals surface area contributed by atoms with E-state index in [0.717, 1.165) is 31.0 Å². The maximum absolute atomic E-state index is 9.17. The van der Waals surface area contributed by atoms with Crippen molar-refractivity contribution in [2.24, 2.45) is 5.16 Å². The summed E-state index contributed by atoms with van der Waals surface area (Å²) in [5, 5.41) is 16.7. The third kappa shape index (κ3) is 4.32. The van der Waals surface area contributed by atoms with Gasteiger partial charge in [0.2, 0.25) is 5.82 Å². The first-order valence-corrected chi connectivity index (χ1v) is 8.23. The zero-order chi connectivity index (χ0) is 15.8. The molecule has 0 unspecified atom stereocenters. The molecule has 1 aromatic carbocycles. The molecule has 0 radical (unpaired) electrons. The van der Waals surface area contributed by atoms with Gasteiger partial charge in [0.05, 0.1) is 0 Å². The van der Waals surface area contributed by atoms with Crippen molar-refractivity contribution in [2.75, 3.05) is 25.4 Å². The molecule has 2 aromatic rings. The summed E-state index contributed by atoms with van der Waals surface area (Å²) >= 11 is 1.42. The summed E-state index contributed by atoms with van der Waals surface area (Å²) in [6.45, 7) is 7.17. The van der Waals surface area contributed by atoms with Crippen LogP contribution in [0.3, 0.4) is 0 Å². The van der Waals surface area contributed by atoms with Gasteiger partial charge in [-0.05, 0) is 25.2 Å². The van der Waals surface area contributed by atoms with E-state index >= 15 is 0 Å². The lowest BCUT2D eigenvalue weighted by Crippen LogP contribution is -2.25. The van der Waals surface area contributed by atoms with Crippen molar-refractivity contribution in [3.63, 3.8) is 0 Å². The van der Waals surface area contributed by atoms with Crippen molar-refractivity contribution in [3.8, 4) is 11.5 Å². The van der Waals surface area contributed by atoms with Crippen LogP contribution in [0.25, 0.3) is 11.5 Å². The molecule has 0 atom stereocenters. The Morgan fingerprint density at radius 3 is 2.64 bits per heavy atom. The van der Waals surface area contributed by atoms with E-state index in [1.165, 1.54) is 11.8 Å². The largest absolute Gasteiger partial charge is 0.410 e. The standard InChI is InChI=1S/C15H20N4O2S/c1-3-19(4-2)10-11-22-15(17-20)13-16-14(21-18-13)12-8-6-5-7-9-12/h5-9,20H,3-4,10-11H2,1-2H3/b17-15+. The van der Waals surface area contributed by atoms with Gasteiger partial charge in [-0.2, -0.15) is 4.98 Å². The van der Waals surface area contributed by atoms with Crippen molar-refractivity contribution in [1.82, 2.24) is 15.0 Å². The fourth-order valence-corrected chi connectivity index (χ4v) is 2.77. The van der Waals surface area contributed by atoms with E-state index in [1.807, 2.05) is 30.3 Å². The van der Waals surface area contributed by atoms with Gasteiger partial charge in [0.25, 0.3) is 5.89 Å². The molecule has 7 heteroatoms. The molecule has 0 spiro atoms. The lowest BCUT2D eigenvalue weighted by Gasteiger charge is -2.16. The van der Waals surface area contributed by atoms with Gasteiger partial charge in [0, 0.05) is 17.9 Å². The highest BCUT2D eigenvalue weighted by atomic mass is 32.2. The van der Waals surface area contributed by atoms with E-state index < -0.39 is 0 Å². The number of rotatable bonds is 7. The second-order valence-corrected chi connectivity index (χ2v) is 5.65. The first-order chi connectivity index (χ1) is 10.8. The Bertz CT molecular complexity index is 597. The third-order valence-corrected chi connectivity index (χ3v) is 4.19. The molecule has 0 saturated heterocycles. The van der Waals surface area contributed by atoms with Gasteiger partial charge in [-0.15, -0.1) is 0 Å². The van der Waals surface area contributed by atoms with E-state index in [2.05, 4.69) is 34.0 Å². The predicted octanol–water partition coefficient (Wildman–Crippen LogP) is 2.95. The summed E-state index contributed by atoms with van der Waals surface area (Å²) in [6.07, 6.45) is 0. The van der Waals surface area contributed by atoms with Gasteiger partial charge in [0.1, 0.15) is 0 Å². The molecule has 0 fully saturated rings. The maximum Gasteiger partial charge on any atom is 0.258 e. The van der Waals surface area contributed by atoms with Crippen LogP contribution in [-0.2, 0) is 0 Å². The average molecular weight is 320 g/mol. The topological polar surface area (TPSA) is 74.8 Å². The molecule has 2 rings (SSSR count). The Kier molecular flexibility index (Phi) is 6.42. The molecule has 118 valence electrons. The Morgan fingerprint density at radius 2 is 2.00 bits per heavy atom. The smallest absolute Gasteiger partial charge is 0.258 e. The number of benzene rings is 1. The normalized spacial score (nSPS) is 12.0. The van der Waals surface area contributed by atoms with Gasteiger partial charge < -0.3 is 14.6 Å². The maximum atomic E-state index is 9.17. The Morgan fingerprint density at radius 1 is 1.27 bits per heavy atom. The Labute approximate surface area is 134 Å². The number of hydrogen-bond acceptors (Lipinski definition) is 7. The number of hydrogen-bond donors (Lipinski definition) is 1. The van der Waals surface area contributed by atoms with Crippen LogP contribution >= 0.6 is 11.8 Å². The molecule has 0 aliphatic carbocycles. The minimum atomic E-state index is 0.311. The molecule has 6 nitrogen and oxygen atoms in total. The predicted molar refractivity (Wildman–Crippen MR) is 88.3 cm³/mol. The summed E-state index contributed by atoms with van der Waals surface area (Å²) < 4.78 is 5.23. The lowest BCUT2D eigenvalue weighted by atomic mass is 10.2. The van der Waals surface area contributed by atoms with Gasteiger partial charge in [-0.1, -0.05) is 54.1 Å². The van der Waals surface area contributed by atoms with Crippen LogP contribution < -0.4 is 0 Å².